The Kier molecular flexibility index (Phi) is 5.27. The maximum atomic E-state index is 5.92. The van der Waals surface area contributed by atoms with Gasteiger partial charge in [-0.1, -0.05) is 0 Å². The lowest BCUT2D eigenvalue weighted by Crippen LogP contribution is -2.51. The first kappa shape index (κ1) is 21.7. The molecule has 4 saturated heterocycles. The van der Waals surface area contributed by atoms with Gasteiger partial charge in [0.25, 0.3) is 0 Å². The minimum Gasteiger partial charge on any atom is -0.378 e. The van der Waals surface area contributed by atoms with E-state index >= 15 is 0 Å². The summed E-state index contributed by atoms with van der Waals surface area (Å²) in [5.41, 5.74) is 3.89. The van der Waals surface area contributed by atoms with Crippen molar-refractivity contribution in [3.05, 3.63) is 41.3 Å². The Morgan fingerprint density at radius 1 is 0.857 bits per heavy atom. The van der Waals surface area contributed by atoms with Crippen LogP contribution in [-0.4, -0.2) is 89.1 Å². The van der Waals surface area contributed by atoms with E-state index in [4.69, 9.17) is 29.3 Å². The van der Waals surface area contributed by atoms with Gasteiger partial charge in [0.05, 0.1) is 56.8 Å². The highest BCUT2D eigenvalue weighted by Gasteiger charge is 2.39. The lowest BCUT2D eigenvalue weighted by molar-refractivity contribution is -0.0712. The van der Waals surface area contributed by atoms with E-state index in [9.17, 15) is 0 Å². The predicted octanol–water partition coefficient (Wildman–Crippen LogP) is 2.57. The van der Waals surface area contributed by atoms with Crippen molar-refractivity contribution < 1.29 is 14.2 Å². The molecule has 184 valence electrons. The molecule has 2 atom stereocenters. The molecule has 4 aliphatic rings. The number of fused-ring (bicyclic) bond motifs is 3. The number of nitrogens with zero attached hydrogens (tertiary/aromatic N) is 6. The number of rotatable bonds is 4. The van der Waals surface area contributed by atoms with Crippen LogP contribution in [0.1, 0.15) is 35.7 Å². The van der Waals surface area contributed by atoms with Gasteiger partial charge in [0.1, 0.15) is 11.6 Å². The number of aryl methyl sites for hydroxylation is 2. The van der Waals surface area contributed by atoms with E-state index < -0.39 is 0 Å². The first-order valence-electron chi connectivity index (χ1n) is 12.8. The van der Waals surface area contributed by atoms with Crippen LogP contribution in [0.25, 0.3) is 16.7 Å². The summed E-state index contributed by atoms with van der Waals surface area (Å²) in [6.45, 7) is 10.2. The van der Waals surface area contributed by atoms with Crippen LogP contribution >= 0.6 is 0 Å². The summed E-state index contributed by atoms with van der Waals surface area (Å²) < 4.78 is 19.0. The molecule has 2 unspecified atom stereocenters. The fraction of sp³-hybridized carbons (Fsp3) is 0.577. The minimum absolute atomic E-state index is 0.0862. The number of morpholine rings is 1. The van der Waals surface area contributed by atoms with Crippen molar-refractivity contribution in [2.75, 3.05) is 51.0 Å². The summed E-state index contributed by atoms with van der Waals surface area (Å²) in [5, 5.41) is 5.90. The molecule has 0 aliphatic carbocycles. The van der Waals surface area contributed by atoms with E-state index in [1.54, 1.807) is 0 Å². The second kappa shape index (κ2) is 8.51. The van der Waals surface area contributed by atoms with Gasteiger partial charge in [-0.2, -0.15) is 5.10 Å². The summed E-state index contributed by atoms with van der Waals surface area (Å²) in [7, 11) is 0. The lowest BCUT2D eigenvalue weighted by Gasteiger charge is -2.41. The fourth-order valence-electron chi connectivity index (χ4n) is 6.13. The van der Waals surface area contributed by atoms with Crippen LogP contribution in [0.5, 0.6) is 0 Å². The topological polar surface area (TPSA) is 77.8 Å². The van der Waals surface area contributed by atoms with Crippen molar-refractivity contribution >= 4 is 16.7 Å². The molecule has 2 bridgehead atoms. The van der Waals surface area contributed by atoms with Crippen molar-refractivity contribution in [3.63, 3.8) is 0 Å². The smallest absolute Gasteiger partial charge is 0.159 e. The summed E-state index contributed by atoms with van der Waals surface area (Å²) >= 11 is 0. The molecule has 3 aromatic rings. The second-order valence-electron chi connectivity index (χ2n) is 10.3. The minimum atomic E-state index is -0.0862. The number of likely N-dealkylation sites (tertiary alicyclic amines) is 1. The average Bonchev–Trinajstić information content (AvgIpc) is 3.34. The number of hydrogen-bond acceptors (Lipinski definition) is 8. The number of hydrogen-bond donors (Lipinski definition) is 0. The van der Waals surface area contributed by atoms with Gasteiger partial charge in [-0.25, -0.2) is 14.6 Å². The lowest BCUT2D eigenvalue weighted by atomic mass is 9.85. The molecule has 0 radical (unpaired) electrons. The monoisotopic (exact) mass is 476 g/mol. The maximum Gasteiger partial charge on any atom is 0.159 e. The van der Waals surface area contributed by atoms with Gasteiger partial charge < -0.3 is 19.1 Å². The number of benzene rings is 1. The molecule has 0 saturated carbocycles. The molecule has 9 nitrogen and oxygen atoms in total. The van der Waals surface area contributed by atoms with Crippen LogP contribution < -0.4 is 4.90 Å². The molecule has 1 aromatic carbocycles. The Labute approximate surface area is 205 Å². The van der Waals surface area contributed by atoms with E-state index in [-0.39, 0.29) is 12.3 Å². The van der Waals surface area contributed by atoms with E-state index in [1.807, 2.05) is 23.9 Å². The number of anilines is 1. The number of ether oxygens (including phenoxy) is 3. The zero-order valence-corrected chi connectivity index (χ0v) is 20.4. The Hall–Kier alpha value is -2.59. The van der Waals surface area contributed by atoms with Crippen LogP contribution in [0.3, 0.4) is 0 Å². The van der Waals surface area contributed by atoms with Crippen LogP contribution in [0.4, 0.5) is 5.82 Å². The van der Waals surface area contributed by atoms with E-state index in [2.05, 4.69) is 28.9 Å². The van der Waals surface area contributed by atoms with Crippen molar-refractivity contribution in [1.29, 1.82) is 0 Å². The summed E-state index contributed by atoms with van der Waals surface area (Å²) in [5.74, 6) is 2.98. The standard InChI is InChI=1S/C26H32N6O3/c1-16-7-19-10-27-32(23(19)8-22(16)18-3-5-30(6-4-18)20-11-33-12-20)25-9-24(28-17(2)29-25)31-21-13-34-15-26(31)35-14-21/h7-10,18,20-21,26H,3-6,11-15H2,1-2H3. The van der Waals surface area contributed by atoms with E-state index in [1.165, 1.54) is 24.0 Å². The summed E-state index contributed by atoms with van der Waals surface area (Å²) in [4.78, 5) is 14.4. The third-order valence-electron chi connectivity index (χ3n) is 8.11. The second-order valence-corrected chi connectivity index (χ2v) is 10.3. The molecular formula is C26H32N6O3. The van der Waals surface area contributed by atoms with Crippen molar-refractivity contribution in [2.45, 2.75) is 50.9 Å². The highest BCUT2D eigenvalue weighted by atomic mass is 16.6. The van der Waals surface area contributed by atoms with Gasteiger partial charge in [-0.3, -0.25) is 4.90 Å². The van der Waals surface area contributed by atoms with Crippen LogP contribution in [0.2, 0.25) is 0 Å². The maximum absolute atomic E-state index is 5.92. The molecule has 7 rings (SSSR count). The average molecular weight is 477 g/mol. The Bertz CT molecular complexity index is 1230. The third kappa shape index (κ3) is 3.72. The molecule has 0 N–H and O–H groups in total. The largest absolute Gasteiger partial charge is 0.378 e. The zero-order valence-electron chi connectivity index (χ0n) is 20.4. The quantitative estimate of drug-likeness (QED) is 0.569. The Morgan fingerprint density at radius 3 is 2.40 bits per heavy atom. The van der Waals surface area contributed by atoms with Crippen molar-refractivity contribution in [2.24, 2.45) is 0 Å². The van der Waals surface area contributed by atoms with Gasteiger partial charge in [0.2, 0.25) is 0 Å². The molecule has 2 aromatic heterocycles. The zero-order chi connectivity index (χ0) is 23.5. The first-order valence-corrected chi connectivity index (χ1v) is 12.8. The van der Waals surface area contributed by atoms with Crippen LogP contribution in [0, 0.1) is 13.8 Å². The highest BCUT2D eigenvalue weighted by Crippen LogP contribution is 2.35. The van der Waals surface area contributed by atoms with Crippen molar-refractivity contribution in [3.8, 4) is 5.82 Å². The summed E-state index contributed by atoms with van der Waals surface area (Å²) in [6, 6.07) is 7.49. The molecule has 4 aliphatic heterocycles. The molecular weight excluding hydrogens is 444 g/mol. The molecule has 6 heterocycles. The number of aromatic nitrogens is 4. The SMILES string of the molecule is Cc1nc(N2C3COCC2OC3)cc(-n2ncc3cc(C)c(C4CCN(C5COC5)CC4)cc32)n1. The fourth-order valence-corrected chi connectivity index (χ4v) is 6.13. The van der Waals surface area contributed by atoms with Gasteiger partial charge in [0, 0.05) is 11.5 Å². The van der Waals surface area contributed by atoms with Crippen LogP contribution in [-0.2, 0) is 14.2 Å². The van der Waals surface area contributed by atoms with Crippen molar-refractivity contribution in [1.82, 2.24) is 24.6 Å². The van der Waals surface area contributed by atoms with Gasteiger partial charge in [0.15, 0.2) is 12.0 Å². The van der Waals surface area contributed by atoms with Gasteiger partial charge in [-0.05, 0) is 69.0 Å². The number of piperidine rings is 1. The highest BCUT2D eigenvalue weighted by molar-refractivity contribution is 5.82. The molecule has 0 spiro atoms. The third-order valence-corrected chi connectivity index (χ3v) is 8.11. The molecule has 9 heteroatoms. The normalized spacial score (nSPS) is 25.9. The van der Waals surface area contributed by atoms with E-state index in [0.717, 1.165) is 54.7 Å². The molecule has 35 heavy (non-hydrogen) atoms. The Balaban J connectivity index is 1.21. The molecule has 0 amide bonds. The Morgan fingerprint density at radius 2 is 1.63 bits per heavy atom. The van der Waals surface area contributed by atoms with Crippen LogP contribution in [0.15, 0.2) is 24.4 Å². The predicted molar refractivity (Wildman–Crippen MR) is 131 cm³/mol. The van der Waals surface area contributed by atoms with Gasteiger partial charge >= 0.3 is 0 Å². The first-order chi connectivity index (χ1) is 17.1. The molecule has 4 fully saturated rings. The van der Waals surface area contributed by atoms with E-state index in [0.29, 0.717) is 31.8 Å². The van der Waals surface area contributed by atoms with Gasteiger partial charge in [-0.15, -0.1) is 0 Å². The summed E-state index contributed by atoms with van der Waals surface area (Å²) in [6.07, 6.45) is 4.24.